The van der Waals surface area contributed by atoms with E-state index in [2.05, 4.69) is 0 Å². The van der Waals surface area contributed by atoms with E-state index in [0.717, 1.165) is 6.32 Å². The highest BCUT2D eigenvalue weighted by molar-refractivity contribution is 6.54. The highest BCUT2D eigenvalue weighted by Crippen LogP contribution is 2.09. The molecule has 1 aliphatic heterocycles. The first-order valence-corrected chi connectivity index (χ1v) is 2.48. The summed E-state index contributed by atoms with van der Waals surface area (Å²) in [7, 11) is 0. The molecule has 1 fully saturated rings. The van der Waals surface area contributed by atoms with Crippen LogP contribution in [0.1, 0.15) is 6.42 Å². The average molecular weight is 97.9 g/mol. The summed E-state index contributed by atoms with van der Waals surface area (Å²) in [4.78, 5) is 10.2. The Morgan fingerprint density at radius 2 is 2.57 bits per heavy atom. The van der Waals surface area contributed by atoms with Crippen molar-refractivity contribution in [1.29, 1.82) is 0 Å². The molecule has 0 spiro atoms. The summed E-state index contributed by atoms with van der Waals surface area (Å²) >= 11 is 0. The SMILES string of the molecule is CB1CCC(=O)O1. The van der Waals surface area contributed by atoms with Crippen molar-refractivity contribution >= 4 is 12.9 Å². The second-order valence-corrected chi connectivity index (χ2v) is 1.84. The molecule has 0 aliphatic carbocycles. The van der Waals surface area contributed by atoms with Crippen molar-refractivity contribution < 1.29 is 9.45 Å². The molecule has 0 aromatic rings. The Hall–Kier alpha value is -0.465. The van der Waals surface area contributed by atoms with Crippen LogP contribution >= 0.6 is 0 Å². The van der Waals surface area contributed by atoms with Crippen LogP contribution in [0, 0.1) is 0 Å². The van der Waals surface area contributed by atoms with Gasteiger partial charge in [0.25, 0.3) is 5.97 Å². The zero-order valence-corrected chi connectivity index (χ0v) is 4.31. The molecule has 0 radical (unpaired) electrons. The lowest BCUT2D eigenvalue weighted by Crippen LogP contribution is -2.04. The maximum atomic E-state index is 10.2. The van der Waals surface area contributed by atoms with E-state index in [1.165, 1.54) is 0 Å². The van der Waals surface area contributed by atoms with E-state index in [1.54, 1.807) is 0 Å². The van der Waals surface area contributed by atoms with Crippen LogP contribution in [0.25, 0.3) is 0 Å². The van der Waals surface area contributed by atoms with Crippen molar-refractivity contribution in [2.75, 3.05) is 0 Å². The maximum Gasteiger partial charge on any atom is 0.359 e. The molecule has 0 aromatic carbocycles. The highest BCUT2D eigenvalue weighted by Gasteiger charge is 2.22. The van der Waals surface area contributed by atoms with Crippen molar-refractivity contribution in [2.45, 2.75) is 19.6 Å². The minimum Gasteiger partial charge on any atom is -0.537 e. The summed E-state index contributed by atoms with van der Waals surface area (Å²) in [5.41, 5.74) is 0. The molecule has 0 unspecified atom stereocenters. The van der Waals surface area contributed by atoms with Crippen LogP contribution in [0.3, 0.4) is 0 Å². The summed E-state index contributed by atoms with van der Waals surface area (Å²) in [5.74, 6) is -0.0486. The fraction of sp³-hybridized carbons (Fsp3) is 0.750. The average Bonchev–Trinajstić information content (AvgIpc) is 1.87. The molecule has 1 aliphatic rings. The fourth-order valence-electron chi connectivity index (χ4n) is 0.663. The Morgan fingerprint density at radius 3 is 2.71 bits per heavy atom. The van der Waals surface area contributed by atoms with Crippen LogP contribution in [0.5, 0.6) is 0 Å². The molecular formula is C4H7BO2. The Labute approximate surface area is 43.0 Å². The molecule has 0 atom stereocenters. The molecule has 3 heteroatoms. The predicted octanol–water partition coefficient (Wildman–Crippen LogP) is 0.555. The van der Waals surface area contributed by atoms with Gasteiger partial charge in [-0.25, -0.2) is 0 Å². The lowest BCUT2D eigenvalue weighted by atomic mass is 9.69. The van der Waals surface area contributed by atoms with Gasteiger partial charge in [-0.15, -0.1) is 0 Å². The van der Waals surface area contributed by atoms with Crippen molar-refractivity contribution in [3.63, 3.8) is 0 Å². The summed E-state index contributed by atoms with van der Waals surface area (Å²) in [6, 6.07) is 0. The van der Waals surface area contributed by atoms with Gasteiger partial charge in [-0.1, -0.05) is 0 Å². The molecule has 0 amide bonds. The summed E-state index contributed by atoms with van der Waals surface area (Å²) < 4.78 is 4.72. The second-order valence-electron chi connectivity index (χ2n) is 1.84. The Balaban J connectivity index is 2.40. The first-order chi connectivity index (χ1) is 3.29. The predicted molar refractivity (Wildman–Crippen MR) is 27.1 cm³/mol. The fourth-order valence-corrected chi connectivity index (χ4v) is 0.663. The van der Waals surface area contributed by atoms with Gasteiger partial charge in [-0.3, -0.25) is 4.79 Å². The normalized spacial score (nSPS) is 20.1. The van der Waals surface area contributed by atoms with Gasteiger partial charge >= 0.3 is 6.92 Å². The van der Waals surface area contributed by atoms with Gasteiger partial charge in [0.05, 0.1) is 0 Å². The standard InChI is InChI=1S/C4H7BO2/c1-5-3-2-4(6)7-5/h2-3H2,1H3. The summed E-state index contributed by atoms with van der Waals surface area (Å²) in [5, 5.41) is 0. The number of hydrogen-bond donors (Lipinski definition) is 0. The monoisotopic (exact) mass is 98.1 g/mol. The molecule has 2 nitrogen and oxygen atoms in total. The number of carbonyl (C=O) groups is 1. The van der Waals surface area contributed by atoms with E-state index in [-0.39, 0.29) is 12.9 Å². The largest absolute Gasteiger partial charge is 0.537 e. The minimum atomic E-state index is -0.0486. The molecule has 0 saturated carbocycles. The van der Waals surface area contributed by atoms with Crippen LogP contribution in [0.4, 0.5) is 0 Å². The van der Waals surface area contributed by atoms with Gasteiger partial charge in [0, 0.05) is 6.42 Å². The lowest BCUT2D eigenvalue weighted by Gasteiger charge is -1.91. The van der Waals surface area contributed by atoms with Gasteiger partial charge < -0.3 is 4.65 Å². The van der Waals surface area contributed by atoms with Crippen LogP contribution in [0.2, 0.25) is 13.1 Å². The number of rotatable bonds is 0. The maximum absolute atomic E-state index is 10.2. The Morgan fingerprint density at radius 1 is 1.86 bits per heavy atom. The van der Waals surface area contributed by atoms with Crippen molar-refractivity contribution in [2.24, 2.45) is 0 Å². The topological polar surface area (TPSA) is 26.3 Å². The quantitative estimate of drug-likeness (QED) is 0.413. The van der Waals surface area contributed by atoms with E-state index in [4.69, 9.17) is 4.65 Å². The number of hydrogen-bond acceptors (Lipinski definition) is 2. The first-order valence-electron chi connectivity index (χ1n) is 2.48. The lowest BCUT2D eigenvalue weighted by molar-refractivity contribution is -0.132. The smallest absolute Gasteiger partial charge is 0.359 e. The van der Waals surface area contributed by atoms with Gasteiger partial charge in [0.15, 0.2) is 0 Å². The zero-order valence-electron chi connectivity index (χ0n) is 4.31. The molecular weight excluding hydrogens is 90.9 g/mol. The molecule has 0 aromatic heterocycles. The summed E-state index contributed by atoms with van der Waals surface area (Å²) in [6.07, 6.45) is 1.51. The third kappa shape index (κ3) is 0.949. The Kier molecular flexibility index (Phi) is 1.05. The van der Waals surface area contributed by atoms with E-state index in [1.807, 2.05) is 6.82 Å². The van der Waals surface area contributed by atoms with Crippen molar-refractivity contribution in [1.82, 2.24) is 0 Å². The molecule has 1 saturated heterocycles. The van der Waals surface area contributed by atoms with Crippen LogP contribution < -0.4 is 0 Å². The summed E-state index contributed by atoms with van der Waals surface area (Å²) in [6.45, 7) is 2.08. The van der Waals surface area contributed by atoms with Crippen LogP contribution in [0.15, 0.2) is 0 Å². The van der Waals surface area contributed by atoms with Gasteiger partial charge in [0.1, 0.15) is 0 Å². The third-order valence-corrected chi connectivity index (χ3v) is 1.09. The highest BCUT2D eigenvalue weighted by atomic mass is 16.5. The van der Waals surface area contributed by atoms with Crippen LogP contribution in [-0.2, 0) is 9.45 Å². The molecule has 7 heavy (non-hydrogen) atoms. The molecule has 0 N–H and O–H groups in total. The zero-order chi connectivity index (χ0) is 5.28. The van der Waals surface area contributed by atoms with Gasteiger partial charge in [-0.2, -0.15) is 0 Å². The van der Waals surface area contributed by atoms with E-state index in [9.17, 15) is 4.79 Å². The van der Waals surface area contributed by atoms with Crippen LogP contribution in [-0.4, -0.2) is 12.9 Å². The van der Waals surface area contributed by atoms with E-state index in [0.29, 0.717) is 6.42 Å². The first kappa shape index (κ1) is 4.69. The second kappa shape index (κ2) is 1.56. The van der Waals surface area contributed by atoms with E-state index < -0.39 is 0 Å². The minimum absolute atomic E-state index is 0.0486. The van der Waals surface area contributed by atoms with Crippen molar-refractivity contribution in [3.05, 3.63) is 0 Å². The molecule has 1 heterocycles. The van der Waals surface area contributed by atoms with E-state index >= 15 is 0 Å². The van der Waals surface area contributed by atoms with Crippen molar-refractivity contribution in [3.8, 4) is 0 Å². The van der Waals surface area contributed by atoms with Gasteiger partial charge in [0.2, 0.25) is 0 Å². The molecule has 38 valence electrons. The third-order valence-electron chi connectivity index (χ3n) is 1.09. The molecule has 1 rings (SSSR count). The Bertz CT molecular complexity index is 91.7. The van der Waals surface area contributed by atoms with Gasteiger partial charge in [-0.05, 0) is 13.1 Å². The number of carbonyl (C=O) groups excluding carboxylic acids is 1. The molecule has 0 bridgehead atoms.